The zero-order valence-corrected chi connectivity index (χ0v) is 8.66. The van der Waals surface area contributed by atoms with Crippen LogP contribution in [0.3, 0.4) is 0 Å². The second-order valence-electron chi connectivity index (χ2n) is 3.67. The third kappa shape index (κ3) is 1.69. The van der Waals surface area contributed by atoms with Crippen LogP contribution in [0.5, 0.6) is 0 Å². The van der Waals surface area contributed by atoms with Gasteiger partial charge in [0, 0.05) is 6.20 Å². The van der Waals surface area contributed by atoms with Gasteiger partial charge in [0.25, 0.3) is 5.56 Å². The van der Waals surface area contributed by atoms with Crippen molar-refractivity contribution in [2.24, 2.45) is 0 Å². The van der Waals surface area contributed by atoms with Crippen molar-refractivity contribution in [2.45, 2.75) is 32.2 Å². The molecular formula is C10H14N2O3. The van der Waals surface area contributed by atoms with Crippen molar-refractivity contribution in [1.82, 2.24) is 9.78 Å². The number of aromatic nitrogens is 2. The number of esters is 1. The van der Waals surface area contributed by atoms with Gasteiger partial charge in [-0.15, -0.1) is 0 Å². The Labute approximate surface area is 87.0 Å². The minimum atomic E-state index is -0.545. The molecule has 0 radical (unpaired) electrons. The molecule has 0 aliphatic heterocycles. The molecule has 1 heterocycles. The fourth-order valence-corrected chi connectivity index (χ4v) is 1.66. The Bertz CT molecular complexity index is 415. The highest BCUT2D eigenvalue weighted by molar-refractivity contribution is 5.88. The van der Waals surface area contributed by atoms with Crippen LogP contribution in [0.15, 0.2) is 11.0 Å². The van der Waals surface area contributed by atoms with Crippen LogP contribution < -0.4 is 5.56 Å². The fraction of sp³-hybridized carbons (Fsp3) is 0.600. The Morgan fingerprint density at radius 1 is 1.67 bits per heavy atom. The number of hydrogen-bond donors (Lipinski definition) is 1. The van der Waals surface area contributed by atoms with E-state index in [9.17, 15) is 9.59 Å². The minimum absolute atomic E-state index is 0.101. The Hall–Kier alpha value is -1.52. The molecule has 0 saturated heterocycles. The molecule has 2 rings (SSSR count). The largest absolute Gasteiger partial charge is 0.462 e. The first-order valence-electron chi connectivity index (χ1n) is 5.21. The van der Waals surface area contributed by atoms with Crippen LogP contribution >= 0.6 is 0 Å². The summed E-state index contributed by atoms with van der Waals surface area (Å²) in [6, 6.07) is 0.237. The summed E-state index contributed by atoms with van der Waals surface area (Å²) < 4.78 is 6.30. The predicted molar refractivity (Wildman–Crippen MR) is 53.9 cm³/mol. The van der Waals surface area contributed by atoms with Crippen molar-refractivity contribution in [3.63, 3.8) is 0 Å². The van der Waals surface area contributed by atoms with Gasteiger partial charge in [-0.05, 0) is 26.2 Å². The van der Waals surface area contributed by atoms with Crippen LogP contribution in [0, 0.1) is 0 Å². The molecule has 1 N–H and O–H groups in total. The summed E-state index contributed by atoms with van der Waals surface area (Å²) in [5.41, 5.74) is -0.165. The number of nitrogens with zero attached hydrogens (tertiary/aromatic N) is 1. The monoisotopic (exact) mass is 210 g/mol. The van der Waals surface area contributed by atoms with Gasteiger partial charge in [0.05, 0.1) is 12.6 Å². The van der Waals surface area contributed by atoms with Gasteiger partial charge in [-0.25, -0.2) is 9.48 Å². The van der Waals surface area contributed by atoms with Gasteiger partial charge in [-0.1, -0.05) is 0 Å². The highest BCUT2D eigenvalue weighted by atomic mass is 16.5. The van der Waals surface area contributed by atoms with E-state index in [2.05, 4.69) is 5.10 Å². The van der Waals surface area contributed by atoms with Gasteiger partial charge in [0.1, 0.15) is 5.56 Å². The SMILES string of the molecule is CCOC(=O)c1c[nH]n(C2CCC2)c1=O. The molecular weight excluding hydrogens is 196 g/mol. The van der Waals surface area contributed by atoms with E-state index in [0.29, 0.717) is 0 Å². The molecule has 1 saturated carbocycles. The highest BCUT2D eigenvalue weighted by Crippen LogP contribution is 2.29. The molecule has 0 aromatic carbocycles. The first-order chi connectivity index (χ1) is 7.24. The van der Waals surface area contributed by atoms with Gasteiger partial charge >= 0.3 is 5.97 Å². The maximum absolute atomic E-state index is 11.8. The maximum Gasteiger partial charge on any atom is 0.345 e. The van der Waals surface area contributed by atoms with Crippen molar-refractivity contribution >= 4 is 5.97 Å². The quantitative estimate of drug-likeness (QED) is 0.759. The van der Waals surface area contributed by atoms with Crippen LogP contribution in [0.1, 0.15) is 42.6 Å². The number of ether oxygens (including phenoxy) is 1. The molecule has 0 unspecified atom stereocenters. The van der Waals surface area contributed by atoms with Crippen molar-refractivity contribution in [3.8, 4) is 0 Å². The third-order valence-electron chi connectivity index (χ3n) is 2.73. The number of carbonyl (C=O) groups is 1. The summed E-state index contributed by atoms with van der Waals surface area (Å²) in [6.45, 7) is 2.00. The highest BCUT2D eigenvalue weighted by Gasteiger charge is 2.24. The van der Waals surface area contributed by atoms with Crippen molar-refractivity contribution in [1.29, 1.82) is 0 Å². The molecule has 0 bridgehead atoms. The van der Waals surface area contributed by atoms with Gasteiger partial charge in [-0.2, -0.15) is 0 Å². The van der Waals surface area contributed by atoms with E-state index in [-0.39, 0.29) is 23.8 Å². The van der Waals surface area contributed by atoms with E-state index in [0.717, 1.165) is 19.3 Å². The first-order valence-corrected chi connectivity index (χ1v) is 5.21. The van der Waals surface area contributed by atoms with Gasteiger partial charge in [0.2, 0.25) is 0 Å². The maximum atomic E-state index is 11.8. The van der Waals surface area contributed by atoms with Gasteiger partial charge < -0.3 is 9.84 Å². The number of H-pyrrole nitrogens is 1. The number of aromatic amines is 1. The molecule has 15 heavy (non-hydrogen) atoms. The molecule has 0 spiro atoms. The summed E-state index contributed by atoms with van der Waals surface area (Å²) in [5.74, 6) is -0.545. The Morgan fingerprint density at radius 2 is 2.40 bits per heavy atom. The molecule has 5 nitrogen and oxygen atoms in total. The fourth-order valence-electron chi connectivity index (χ4n) is 1.66. The number of hydrogen-bond acceptors (Lipinski definition) is 3. The summed E-state index contributed by atoms with van der Waals surface area (Å²) in [6.07, 6.45) is 4.58. The number of nitrogens with one attached hydrogen (secondary N) is 1. The lowest BCUT2D eigenvalue weighted by Crippen LogP contribution is -2.29. The van der Waals surface area contributed by atoms with Crippen LogP contribution in [-0.4, -0.2) is 22.4 Å². The Balaban J connectivity index is 2.23. The molecule has 0 atom stereocenters. The zero-order chi connectivity index (χ0) is 10.8. The number of carbonyl (C=O) groups excluding carboxylic acids is 1. The van der Waals surface area contributed by atoms with E-state index in [4.69, 9.17) is 4.74 Å². The zero-order valence-electron chi connectivity index (χ0n) is 8.66. The smallest absolute Gasteiger partial charge is 0.345 e. The van der Waals surface area contributed by atoms with Crippen LogP contribution in [-0.2, 0) is 4.74 Å². The molecule has 82 valence electrons. The summed E-state index contributed by atoms with van der Waals surface area (Å²) in [7, 11) is 0. The topological polar surface area (TPSA) is 64.1 Å². The Kier molecular flexibility index (Phi) is 2.62. The molecule has 1 aromatic rings. The minimum Gasteiger partial charge on any atom is -0.462 e. The van der Waals surface area contributed by atoms with E-state index < -0.39 is 5.97 Å². The molecule has 5 heteroatoms. The summed E-state index contributed by atoms with van der Waals surface area (Å²) in [4.78, 5) is 23.1. The van der Waals surface area contributed by atoms with Crippen molar-refractivity contribution in [3.05, 3.63) is 22.1 Å². The molecule has 1 aliphatic rings. The van der Waals surface area contributed by atoms with Crippen LogP contribution in [0.2, 0.25) is 0 Å². The lowest BCUT2D eigenvalue weighted by molar-refractivity contribution is 0.0524. The lowest BCUT2D eigenvalue weighted by Gasteiger charge is -2.25. The Morgan fingerprint density at radius 3 is 2.93 bits per heavy atom. The van der Waals surface area contributed by atoms with Crippen molar-refractivity contribution < 1.29 is 9.53 Å². The molecule has 1 aliphatic carbocycles. The second-order valence-corrected chi connectivity index (χ2v) is 3.67. The van der Waals surface area contributed by atoms with E-state index in [1.807, 2.05) is 0 Å². The van der Waals surface area contributed by atoms with E-state index >= 15 is 0 Å². The lowest BCUT2D eigenvalue weighted by atomic mass is 9.93. The molecule has 0 amide bonds. The van der Waals surface area contributed by atoms with Gasteiger partial charge in [0.15, 0.2) is 0 Å². The van der Waals surface area contributed by atoms with E-state index in [1.54, 1.807) is 6.92 Å². The van der Waals surface area contributed by atoms with Crippen molar-refractivity contribution in [2.75, 3.05) is 6.61 Å². The predicted octanol–water partition coefficient (Wildman–Crippen LogP) is 1.08. The standard InChI is InChI=1S/C10H14N2O3/c1-2-15-10(14)8-6-11-12(9(8)13)7-4-3-5-7/h6-7,11H,2-5H2,1H3. The van der Waals surface area contributed by atoms with Gasteiger partial charge in [-0.3, -0.25) is 4.79 Å². The first kappa shape index (κ1) is 10.0. The van der Waals surface area contributed by atoms with Crippen LogP contribution in [0.4, 0.5) is 0 Å². The second kappa shape index (κ2) is 3.92. The summed E-state index contributed by atoms with van der Waals surface area (Å²) >= 11 is 0. The average molecular weight is 210 g/mol. The molecule has 1 fully saturated rings. The average Bonchev–Trinajstić information content (AvgIpc) is 2.46. The van der Waals surface area contributed by atoms with E-state index in [1.165, 1.54) is 10.9 Å². The third-order valence-corrected chi connectivity index (χ3v) is 2.73. The van der Waals surface area contributed by atoms with Crippen LogP contribution in [0.25, 0.3) is 0 Å². The normalized spacial score (nSPS) is 16.1. The summed E-state index contributed by atoms with van der Waals surface area (Å²) in [5, 5.41) is 2.82. The number of rotatable bonds is 3. The molecule has 1 aromatic heterocycles.